The van der Waals surface area contributed by atoms with Gasteiger partial charge in [-0.2, -0.15) is 0 Å². The fraction of sp³-hybridized carbons (Fsp3) is 0.600. The van der Waals surface area contributed by atoms with Gasteiger partial charge in [0.1, 0.15) is 5.41 Å². The van der Waals surface area contributed by atoms with Crippen LogP contribution in [0.1, 0.15) is 56.9 Å². The van der Waals surface area contributed by atoms with E-state index < -0.39 is 5.41 Å². The minimum atomic E-state index is -0.851. The molecule has 0 aliphatic heterocycles. The van der Waals surface area contributed by atoms with Gasteiger partial charge in [-0.05, 0) is 49.8 Å². The van der Waals surface area contributed by atoms with Crippen LogP contribution in [0.2, 0.25) is 10.0 Å². The summed E-state index contributed by atoms with van der Waals surface area (Å²) in [6, 6.07) is 5.57. The second-order valence-electron chi connectivity index (χ2n) is 7.49. The predicted octanol–water partition coefficient (Wildman–Crippen LogP) is 4.27. The van der Waals surface area contributed by atoms with Crippen LogP contribution in [0.25, 0.3) is 0 Å². The first-order valence-electron chi connectivity index (χ1n) is 9.54. The fourth-order valence-corrected chi connectivity index (χ4v) is 4.14. The maximum Gasteiger partial charge on any atom is 0.235 e. The van der Waals surface area contributed by atoms with E-state index in [0.717, 1.165) is 31.2 Å². The van der Waals surface area contributed by atoms with Crippen molar-refractivity contribution in [1.82, 2.24) is 10.6 Å². The zero-order valence-corrected chi connectivity index (χ0v) is 16.5. The molecule has 1 aromatic carbocycles. The number of carbonyl (C=O) groups excluding carboxylic acids is 2. The Morgan fingerprint density at radius 1 is 1.04 bits per heavy atom. The maximum absolute atomic E-state index is 12.7. The molecule has 0 unspecified atom stereocenters. The molecule has 2 fully saturated rings. The highest BCUT2D eigenvalue weighted by atomic mass is 35.5. The maximum atomic E-state index is 12.7. The van der Waals surface area contributed by atoms with Crippen LogP contribution in [0.5, 0.6) is 0 Å². The molecule has 0 spiro atoms. The number of rotatable bonds is 6. The SMILES string of the molecule is O=C(NCCc1ccc(Cl)cc1Cl)C1(C(=O)NC2CCCCCC2)CC1. The monoisotopic (exact) mass is 396 g/mol. The van der Waals surface area contributed by atoms with Gasteiger partial charge in [-0.1, -0.05) is 55.0 Å². The van der Waals surface area contributed by atoms with Crippen LogP contribution >= 0.6 is 23.2 Å². The van der Waals surface area contributed by atoms with Gasteiger partial charge in [0.25, 0.3) is 0 Å². The van der Waals surface area contributed by atoms with Crippen LogP contribution in [0.15, 0.2) is 18.2 Å². The van der Waals surface area contributed by atoms with Gasteiger partial charge >= 0.3 is 0 Å². The van der Waals surface area contributed by atoms with Gasteiger partial charge in [0, 0.05) is 22.6 Å². The molecular formula is C20H26Cl2N2O2. The Morgan fingerprint density at radius 2 is 1.73 bits per heavy atom. The van der Waals surface area contributed by atoms with Crippen molar-refractivity contribution in [2.75, 3.05) is 6.54 Å². The predicted molar refractivity (Wildman–Crippen MR) is 104 cm³/mol. The molecule has 0 saturated heterocycles. The van der Waals surface area contributed by atoms with Crippen LogP contribution in [0.3, 0.4) is 0 Å². The van der Waals surface area contributed by atoms with E-state index in [-0.39, 0.29) is 17.9 Å². The Balaban J connectivity index is 1.49. The van der Waals surface area contributed by atoms with Crippen molar-refractivity contribution in [2.24, 2.45) is 5.41 Å². The Bertz CT molecular complexity index is 666. The van der Waals surface area contributed by atoms with E-state index in [4.69, 9.17) is 23.2 Å². The summed E-state index contributed by atoms with van der Waals surface area (Å²) in [5, 5.41) is 7.23. The molecule has 6 heteroatoms. The molecule has 0 atom stereocenters. The first-order valence-corrected chi connectivity index (χ1v) is 10.3. The zero-order valence-electron chi connectivity index (χ0n) is 15.0. The number of benzene rings is 1. The van der Waals surface area contributed by atoms with Crippen molar-refractivity contribution in [1.29, 1.82) is 0 Å². The molecule has 1 aromatic rings. The molecule has 142 valence electrons. The van der Waals surface area contributed by atoms with E-state index in [9.17, 15) is 9.59 Å². The van der Waals surface area contributed by atoms with E-state index >= 15 is 0 Å². The first kappa shape index (κ1) is 19.5. The average Bonchev–Trinajstić information content (AvgIpc) is 3.42. The summed E-state index contributed by atoms with van der Waals surface area (Å²) in [4.78, 5) is 25.2. The van der Waals surface area contributed by atoms with E-state index in [1.54, 1.807) is 12.1 Å². The first-order chi connectivity index (χ1) is 12.5. The summed E-state index contributed by atoms with van der Waals surface area (Å²) in [7, 11) is 0. The zero-order chi connectivity index (χ0) is 18.6. The summed E-state index contributed by atoms with van der Waals surface area (Å²) in [6.07, 6.45) is 8.74. The van der Waals surface area contributed by atoms with Crippen LogP contribution in [-0.2, 0) is 16.0 Å². The third kappa shape index (κ3) is 4.72. The standard InChI is InChI=1S/C20H26Cl2N2O2/c21-15-8-7-14(17(22)13-15)9-12-23-18(25)20(10-11-20)19(26)24-16-5-3-1-2-4-6-16/h7-8,13,16H,1-6,9-12H2,(H,23,25)(H,24,26). The van der Waals surface area contributed by atoms with Crippen molar-refractivity contribution in [3.05, 3.63) is 33.8 Å². The van der Waals surface area contributed by atoms with Crippen molar-refractivity contribution in [2.45, 2.75) is 63.8 Å². The van der Waals surface area contributed by atoms with Gasteiger partial charge in [-0.3, -0.25) is 9.59 Å². The van der Waals surface area contributed by atoms with Gasteiger partial charge in [0.2, 0.25) is 11.8 Å². The molecule has 2 saturated carbocycles. The van der Waals surface area contributed by atoms with Crippen molar-refractivity contribution >= 4 is 35.0 Å². The van der Waals surface area contributed by atoms with Crippen molar-refractivity contribution in [3.63, 3.8) is 0 Å². The van der Waals surface area contributed by atoms with Crippen molar-refractivity contribution < 1.29 is 9.59 Å². The number of hydrogen-bond donors (Lipinski definition) is 2. The third-order valence-electron chi connectivity index (χ3n) is 5.50. The lowest BCUT2D eigenvalue weighted by atomic mass is 10.0. The molecule has 2 aliphatic rings. The molecule has 2 N–H and O–H groups in total. The highest BCUT2D eigenvalue weighted by Crippen LogP contribution is 2.46. The molecule has 0 heterocycles. The highest BCUT2D eigenvalue weighted by Gasteiger charge is 2.56. The molecule has 26 heavy (non-hydrogen) atoms. The topological polar surface area (TPSA) is 58.2 Å². The molecule has 3 rings (SSSR count). The van der Waals surface area contributed by atoms with Gasteiger partial charge in [0.05, 0.1) is 0 Å². The van der Waals surface area contributed by atoms with E-state index in [1.165, 1.54) is 12.8 Å². The average molecular weight is 397 g/mol. The molecule has 4 nitrogen and oxygen atoms in total. The number of hydrogen-bond acceptors (Lipinski definition) is 2. The Hall–Kier alpha value is -1.26. The molecule has 2 amide bonds. The van der Waals surface area contributed by atoms with Gasteiger partial charge in [0.15, 0.2) is 0 Å². The van der Waals surface area contributed by atoms with Crippen LogP contribution in [0.4, 0.5) is 0 Å². The number of carbonyl (C=O) groups is 2. The number of halogens is 2. The molecule has 0 bridgehead atoms. The van der Waals surface area contributed by atoms with Crippen LogP contribution in [-0.4, -0.2) is 24.4 Å². The summed E-state index contributed by atoms with van der Waals surface area (Å²) in [6.45, 7) is 0.457. The number of amides is 2. The minimum Gasteiger partial charge on any atom is -0.355 e. The van der Waals surface area contributed by atoms with Crippen molar-refractivity contribution in [3.8, 4) is 0 Å². The lowest BCUT2D eigenvalue weighted by Gasteiger charge is -2.21. The minimum absolute atomic E-state index is 0.0913. The van der Waals surface area contributed by atoms with E-state index in [1.807, 2.05) is 6.07 Å². The van der Waals surface area contributed by atoms with E-state index in [2.05, 4.69) is 10.6 Å². The van der Waals surface area contributed by atoms with E-state index in [0.29, 0.717) is 35.9 Å². The van der Waals surface area contributed by atoms with Crippen LogP contribution in [0, 0.1) is 5.41 Å². The quantitative estimate of drug-likeness (QED) is 0.556. The smallest absolute Gasteiger partial charge is 0.235 e. The van der Waals surface area contributed by atoms with Crippen LogP contribution < -0.4 is 10.6 Å². The molecule has 2 aliphatic carbocycles. The Morgan fingerprint density at radius 3 is 2.35 bits per heavy atom. The summed E-state index contributed by atoms with van der Waals surface area (Å²) < 4.78 is 0. The fourth-order valence-electron chi connectivity index (χ4n) is 3.63. The third-order valence-corrected chi connectivity index (χ3v) is 6.09. The van der Waals surface area contributed by atoms with Gasteiger partial charge < -0.3 is 10.6 Å². The normalized spacial score (nSPS) is 19.5. The lowest BCUT2D eigenvalue weighted by molar-refractivity contribution is -0.137. The Kier molecular flexibility index (Phi) is 6.46. The lowest BCUT2D eigenvalue weighted by Crippen LogP contribution is -2.46. The molecule has 0 aromatic heterocycles. The largest absolute Gasteiger partial charge is 0.355 e. The van der Waals surface area contributed by atoms with Gasteiger partial charge in [-0.15, -0.1) is 0 Å². The van der Waals surface area contributed by atoms with Gasteiger partial charge in [-0.25, -0.2) is 0 Å². The highest BCUT2D eigenvalue weighted by molar-refractivity contribution is 6.35. The Labute approximate surface area is 165 Å². The second kappa shape index (κ2) is 8.62. The number of nitrogens with one attached hydrogen (secondary N) is 2. The molecular weight excluding hydrogens is 371 g/mol. The molecule has 0 radical (unpaired) electrons. The second-order valence-corrected chi connectivity index (χ2v) is 8.33. The summed E-state index contributed by atoms with van der Waals surface area (Å²) in [5.41, 5.74) is 0.0833. The summed E-state index contributed by atoms with van der Waals surface area (Å²) in [5.74, 6) is -0.250. The summed E-state index contributed by atoms with van der Waals surface area (Å²) >= 11 is 12.1.